The molecule has 0 N–H and O–H groups in total. The van der Waals surface area contributed by atoms with Gasteiger partial charge in [0.25, 0.3) is 5.91 Å². The van der Waals surface area contributed by atoms with E-state index in [9.17, 15) is 9.59 Å². The normalized spacial score (nSPS) is 15.9. The van der Waals surface area contributed by atoms with Gasteiger partial charge in [0.1, 0.15) is 9.88 Å². The van der Waals surface area contributed by atoms with Crippen LogP contribution in [0.15, 0.2) is 24.3 Å². The SMILES string of the molecule is Cc1nc(-c2cccc(Cl)c2)sc1C(=O)O[C@@H](C)C(=O)N1CCCCCC1. The lowest BCUT2D eigenvalue weighted by Crippen LogP contribution is -2.40. The average Bonchev–Trinajstić information content (AvgIpc) is 2.85. The molecule has 1 saturated heterocycles. The Morgan fingerprint density at radius 2 is 1.93 bits per heavy atom. The summed E-state index contributed by atoms with van der Waals surface area (Å²) in [6.45, 7) is 4.88. The van der Waals surface area contributed by atoms with Crippen molar-refractivity contribution in [1.82, 2.24) is 9.88 Å². The second-order valence-electron chi connectivity index (χ2n) is 6.73. The number of hydrogen-bond acceptors (Lipinski definition) is 5. The molecule has 0 bridgehead atoms. The summed E-state index contributed by atoms with van der Waals surface area (Å²) in [5.41, 5.74) is 1.44. The van der Waals surface area contributed by atoms with Gasteiger partial charge in [0.05, 0.1) is 5.69 Å². The number of likely N-dealkylation sites (tertiary alicyclic amines) is 1. The summed E-state index contributed by atoms with van der Waals surface area (Å²) in [5.74, 6) is -0.628. The van der Waals surface area contributed by atoms with E-state index in [1.165, 1.54) is 11.3 Å². The first kappa shape index (κ1) is 19.8. The fourth-order valence-electron chi connectivity index (χ4n) is 3.14. The zero-order valence-corrected chi connectivity index (χ0v) is 17.1. The summed E-state index contributed by atoms with van der Waals surface area (Å²) in [5, 5.41) is 1.31. The largest absolute Gasteiger partial charge is 0.448 e. The van der Waals surface area contributed by atoms with Crippen molar-refractivity contribution in [3.63, 3.8) is 0 Å². The van der Waals surface area contributed by atoms with Gasteiger partial charge in [-0.3, -0.25) is 4.79 Å². The Morgan fingerprint density at radius 3 is 2.59 bits per heavy atom. The van der Waals surface area contributed by atoms with E-state index in [0.29, 0.717) is 20.6 Å². The molecular weight excluding hydrogens is 384 g/mol. The van der Waals surface area contributed by atoms with Crippen LogP contribution in [0, 0.1) is 6.92 Å². The van der Waals surface area contributed by atoms with E-state index in [1.54, 1.807) is 26.0 Å². The standard InChI is InChI=1S/C20H23ClN2O3S/c1-13-17(27-18(22-13)15-8-7-9-16(21)12-15)20(25)26-14(2)19(24)23-10-5-3-4-6-11-23/h7-9,12,14H,3-6,10-11H2,1-2H3/t14-/m0/s1. The summed E-state index contributed by atoms with van der Waals surface area (Å²) in [6.07, 6.45) is 3.49. The number of benzene rings is 1. The van der Waals surface area contributed by atoms with E-state index in [1.807, 2.05) is 17.0 Å². The Hall–Kier alpha value is -1.92. The van der Waals surface area contributed by atoms with Crippen molar-refractivity contribution in [3.8, 4) is 10.6 Å². The third-order valence-corrected chi connectivity index (χ3v) is 6.02. The molecule has 1 aromatic carbocycles. The van der Waals surface area contributed by atoms with E-state index in [0.717, 1.165) is 44.3 Å². The van der Waals surface area contributed by atoms with Crippen molar-refractivity contribution in [1.29, 1.82) is 0 Å². The second kappa shape index (κ2) is 8.85. The molecule has 7 heteroatoms. The fraction of sp³-hybridized carbons (Fsp3) is 0.450. The van der Waals surface area contributed by atoms with Gasteiger partial charge in [-0.25, -0.2) is 9.78 Å². The maximum Gasteiger partial charge on any atom is 0.351 e. The Morgan fingerprint density at radius 1 is 1.22 bits per heavy atom. The van der Waals surface area contributed by atoms with Crippen LogP contribution >= 0.6 is 22.9 Å². The molecule has 5 nitrogen and oxygen atoms in total. The molecule has 2 aromatic rings. The number of carbonyl (C=O) groups is 2. The molecule has 3 rings (SSSR count). The predicted octanol–water partition coefficient (Wildman–Crippen LogP) is 4.72. The highest BCUT2D eigenvalue weighted by Crippen LogP contribution is 2.30. The maximum absolute atomic E-state index is 12.6. The lowest BCUT2D eigenvalue weighted by molar-refractivity contribution is -0.139. The summed E-state index contributed by atoms with van der Waals surface area (Å²) < 4.78 is 5.46. The average molecular weight is 407 g/mol. The summed E-state index contributed by atoms with van der Waals surface area (Å²) in [6, 6.07) is 7.33. The Balaban J connectivity index is 1.69. The molecule has 1 aliphatic heterocycles. The van der Waals surface area contributed by atoms with Crippen molar-refractivity contribution in [3.05, 3.63) is 39.9 Å². The van der Waals surface area contributed by atoms with E-state index in [-0.39, 0.29) is 5.91 Å². The number of halogens is 1. The molecule has 0 saturated carbocycles. The van der Waals surface area contributed by atoms with E-state index in [2.05, 4.69) is 4.98 Å². The van der Waals surface area contributed by atoms with Crippen molar-refractivity contribution < 1.29 is 14.3 Å². The van der Waals surface area contributed by atoms with Gasteiger partial charge in [0.15, 0.2) is 6.10 Å². The van der Waals surface area contributed by atoms with Crippen LogP contribution in [0.1, 0.15) is 48.0 Å². The monoisotopic (exact) mass is 406 g/mol. The smallest absolute Gasteiger partial charge is 0.351 e. The molecule has 1 aliphatic rings. The molecule has 0 spiro atoms. The number of hydrogen-bond donors (Lipinski definition) is 0. The third kappa shape index (κ3) is 4.87. The third-order valence-electron chi connectivity index (χ3n) is 4.60. The number of esters is 1. The van der Waals surface area contributed by atoms with Crippen LogP contribution in [0.5, 0.6) is 0 Å². The van der Waals surface area contributed by atoms with E-state index in [4.69, 9.17) is 16.3 Å². The minimum atomic E-state index is -0.799. The van der Waals surface area contributed by atoms with Crippen LogP contribution in [0.4, 0.5) is 0 Å². The molecule has 1 atom stereocenters. The first-order valence-electron chi connectivity index (χ1n) is 9.19. The van der Waals surface area contributed by atoms with Gasteiger partial charge in [-0.2, -0.15) is 0 Å². The van der Waals surface area contributed by atoms with Crippen molar-refractivity contribution in [2.75, 3.05) is 13.1 Å². The van der Waals surface area contributed by atoms with Crippen LogP contribution in [0.25, 0.3) is 10.6 Å². The summed E-state index contributed by atoms with van der Waals surface area (Å²) >= 11 is 7.29. The molecule has 0 radical (unpaired) electrons. The van der Waals surface area contributed by atoms with Gasteiger partial charge >= 0.3 is 5.97 Å². The fourth-order valence-corrected chi connectivity index (χ4v) is 4.28. The maximum atomic E-state index is 12.6. The van der Waals surface area contributed by atoms with Crippen molar-refractivity contribution >= 4 is 34.8 Å². The van der Waals surface area contributed by atoms with Gasteiger partial charge in [0.2, 0.25) is 0 Å². The minimum Gasteiger partial charge on any atom is -0.448 e. The number of nitrogens with zero attached hydrogens (tertiary/aromatic N) is 2. The number of amides is 1. The van der Waals surface area contributed by atoms with Gasteiger partial charge < -0.3 is 9.64 Å². The lowest BCUT2D eigenvalue weighted by Gasteiger charge is -2.23. The number of aryl methyl sites for hydroxylation is 1. The topological polar surface area (TPSA) is 59.5 Å². The minimum absolute atomic E-state index is 0.123. The van der Waals surface area contributed by atoms with Gasteiger partial charge in [-0.1, -0.05) is 36.6 Å². The zero-order chi connectivity index (χ0) is 19.4. The Bertz CT molecular complexity index is 828. The van der Waals surface area contributed by atoms with Crippen LogP contribution in [-0.2, 0) is 9.53 Å². The van der Waals surface area contributed by atoms with Crippen molar-refractivity contribution in [2.45, 2.75) is 45.6 Å². The molecular formula is C20H23ClN2O3S. The molecule has 2 heterocycles. The first-order valence-corrected chi connectivity index (χ1v) is 10.4. The lowest BCUT2D eigenvalue weighted by atomic mass is 10.2. The van der Waals surface area contributed by atoms with Crippen LogP contribution in [-0.4, -0.2) is 41.0 Å². The van der Waals surface area contributed by atoms with E-state index >= 15 is 0 Å². The number of thiazole rings is 1. The van der Waals surface area contributed by atoms with Crippen LogP contribution in [0.3, 0.4) is 0 Å². The van der Waals surface area contributed by atoms with E-state index < -0.39 is 12.1 Å². The number of aromatic nitrogens is 1. The highest BCUT2D eigenvalue weighted by atomic mass is 35.5. The summed E-state index contributed by atoms with van der Waals surface area (Å²) in [7, 11) is 0. The number of rotatable bonds is 4. The van der Waals surface area contributed by atoms with Crippen molar-refractivity contribution in [2.24, 2.45) is 0 Å². The predicted molar refractivity (Wildman–Crippen MR) is 107 cm³/mol. The molecule has 0 unspecified atom stereocenters. The Kier molecular flexibility index (Phi) is 6.50. The molecule has 1 amide bonds. The van der Waals surface area contributed by atoms with Gasteiger partial charge in [-0.05, 0) is 38.8 Å². The molecule has 27 heavy (non-hydrogen) atoms. The van der Waals surface area contributed by atoms with Crippen LogP contribution in [0.2, 0.25) is 5.02 Å². The number of carbonyl (C=O) groups excluding carboxylic acids is 2. The highest BCUT2D eigenvalue weighted by molar-refractivity contribution is 7.17. The molecule has 1 aromatic heterocycles. The highest BCUT2D eigenvalue weighted by Gasteiger charge is 2.27. The molecule has 144 valence electrons. The Labute approximate surface area is 168 Å². The quantitative estimate of drug-likeness (QED) is 0.689. The summed E-state index contributed by atoms with van der Waals surface area (Å²) in [4.78, 5) is 31.9. The molecule has 0 aliphatic carbocycles. The first-order chi connectivity index (χ1) is 13.0. The number of ether oxygens (including phenoxy) is 1. The van der Waals surface area contributed by atoms with Crippen LogP contribution < -0.4 is 0 Å². The second-order valence-corrected chi connectivity index (χ2v) is 8.17. The van der Waals surface area contributed by atoms with Gasteiger partial charge in [0, 0.05) is 23.7 Å². The zero-order valence-electron chi connectivity index (χ0n) is 15.5. The molecule has 1 fully saturated rings. The van der Waals surface area contributed by atoms with Gasteiger partial charge in [-0.15, -0.1) is 11.3 Å².